The Balaban J connectivity index is 1.58. The molecule has 0 radical (unpaired) electrons. The van der Waals surface area contributed by atoms with Crippen LogP contribution in [0.2, 0.25) is 0 Å². The minimum atomic E-state index is -6.23. The standard InChI is InChI=1S/C40H33F7N2O11/c1-22(50)31-20-23(4-14-29(31)34(52)56-16-18-58-36(54)38(2,41)42)24-5-15-30(35(53)57-17-19-59-37(55)39(43,44)40(45,46)47)32(21-24)33(51)49-26-8-12-28(13-9-26)60-27-10-6-25(48-3)7-11-27/h4-15,20-21,48H,16-19H2,1-3H3,(H,49,51). The van der Waals surface area contributed by atoms with E-state index >= 15 is 0 Å². The Bertz CT molecular complexity index is 2240. The number of esters is 4. The van der Waals surface area contributed by atoms with Gasteiger partial charge in [0.15, 0.2) is 5.78 Å². The normalized spacial score (nSPS) is 11.5. The van der Waals surface area contributed by atoms with Crippen LogP contribution in [0.4, 0.5) is 42.1 Å². The number of hydrogen-bond donors (Lipinski definition) is 2. The number of carbonyl (C=O) groups excluding carboxylic acids is 6. The average Bonchev–Trinajstić information content (AvgIpc) is 3.20. The summed E-state index contributed by atoms with van der Waals surface area (Å²) < 4.78 is 114. The number of halogens is 7. The van der Waals surface area contributed by atoms with Gasteiger partial charge in [0, 0.05) is 30.9 Å². The van der Waals surface area contributed by atoms with Gasteiger partial charge in [0.25, 0.3) is 5.91 Å². The molecule has 60 heavy (non-hydrogen) atoms. The molecule has 20 heteroatoms. The third kappa shape index (κ3) is 11.8. The maximum absolute atomic E-state index is 13.7. The van der Waals surface area contributed by atoms with E-state index in [1.807, 2.05) is 0 Å². The van der Waals surface area contributed by atoms with Crippen molar-refractivity contribution in [1.29, 1.82) is 0 Å². The summed E-state index contributed by atoms with van der Waals surface area (Å²) in [7, 11) is 1.75. The number of anilines is 2. The Labute approximate surface area is 335 Å². The average molecular weight is 851 g/mol. The van der Waals surface area contributed by atoms with Crippen molar-refractivity contribution < 1.29 is 83.2 Å². The Hall–Kier alpha value is -6.99. The number of nitrogens with one attached hydrogen (secondary N) is 2. The van der Waals surface area contributed by atoms with Crippen LogP contribution in [-0.4, -0.2) is 87.1 Å². The number of alkyl halides is 7. The lowest BCUT2D eigenvalue weighted by Crippen LogP contribution is -2.45. The van der Waals surface area contributed by atoms with E-state index in [1.54, 1.807) is 31.3 Å². The lowest BCUT2D eigenvalue weighted by atomic mass is 9.94. The van der Waals surface area contributed by atoms with Crippen molar-refractivity contribution in [3.8, 4) is 22.6 Å². The molecular weight excluding hydrogens is 817 g/mol. The van der Waals surface area contributed by atoms with E-state index in [1.165, 1.54) is 54.6 Å². The molecular formula is C40H33F7N2O11. The van der Waals surface area contributed by atoms with Gasteiger partial charge in [0.2, 0.25) is 0 Å². The number of carbonyl (C=O) groups is 6. The van der Waals surface area contributed by atoms with Gasteiger partial charge < -0.3 is 34.3 Å². The van der Waals surface area contributed by atoms with Crippen LogP contribution >= 0.6 is 0 Å². The third-order valence-electron chi connectivity index (χ3n) is 8.00. The molecule has 318 valence electrons. The highest BCUT2D eigenvalue weighted by atomic mass is 19.4. The number of amides is 1. The second-order valence-corrected chi connectivity index (χ2v) is 12.4. The molecule has 0 spiro atoms. The number of ether oxygens (including phenoxy) is 5. The fraction of sp³-hybridized carbons (Fsp3) is 0.250. The van der Waals surface area contributed by atoms with Gasteiger partial charge in [-0.2, -0.15) is 30.7 Å². The molecule has 4 aromatic rings. The first-order valence-electron chi connectivity index (χ1n) is 17.3. The molecule has 0 aliphatic rings. The van der Waals surface area contributed by atoms with Gasteiger partial charge in [-0.3, -0.25) is 9.59 Å². The number of rotatable bonds is 17. The van der Waals surface area contributed by atoms with Gasteiger partial charge >= 0.3 is 41.9 Å². The maximum Gasteiger partial charge on any atom is 0.465 e. The van der Waals surface area contributed by atoms with Crippen molar-refractivity contribution in [3.05, 3.63) is 107 Å². The first-order chi connectivity index (χ1) is 28.1. The fourth-order valence-electron chi connectivity index (χ4n) is 4.94. The van der Waals surface area contributed by atoms with Gasteiger partial charge in [-0.25, -0.2) is 19.2 Å². The minimum Gasteiger partial charge on any atom is -0.458 e. The number of hydrogen-bond acceptors (Lipinski definition) is 12. The van der Waals surface area contributed by atoms with Crippen molar-refractivity contribution in [3.63, 3.8) is 0 Å². The summed E-state index contributed by atoms with van der Waals surface area (Å²) in [5, 5.41) is 5.56. The molecule has 0 fully saturated rings. The summed E-state index contributed by atoms with van der Waals surface area (Å²) in [5.41, 5.74) is 0.199. The molecule has 0 saturated heterocycles. The smallest absolute Gasteiger partial charge is 0.458 e. The molecule has 0 aliphatic carbocycles. The summed E-state index contributed by atoms with van der Waals surface area (Å²) in [5.74, 6) is -17.4. The Kier molecular flexibility index (Phi) is 14.6. The molecule has 0 unspecified atom stereocenters. The molecule has 13 nitrogen and oxygen atoms in total. The first-order valence-corrected chi connectivity index (χ1v) is 17.3. The maximum atomic E-state index is 13.7. The lowest BCUT2D eigenvalue weighted by molar-refractivity contribution is -0.280. The monoisotopic (exact) mass is 850 g/mol. The van der Waals surface area contributed by atoms with Gasteiger partial charge in [-0.05, 0) is 90.8 Å². The quantitative estimate of drug-likeness (QED) is 0.0347. The number of ketones is 1. The van der Waals surface area contributed by atoms with E-state index in [2.05, 4.69) is 20.1 Å². The summed E-state index contributed by atoms with van der Waals surface area (Å²) in [6.07, 6.45) is -6.23. The predicted octanol–water partition coefficient (Wildman–Crippen LogP) is 7.90. The molecule has 0 atom stereocenters. The van der Waals surface area contributed by atoms with Crippen LogP contribution in [-0.2, 0) is 28.5 Å². The van der Waals surface area contributed by atoms with Gasteiger partial charge in [0.05, 0.1) is 16.7 Å². The van der Waals surface area contributed by atoms with E-state index in [0.29, 0.717) is 18.4 Å². The molecule has 0 saturated carbocycles. The van der Waals surface area contributed by atoms with Crippen LogP contribution in [0, 0.1) is 0 Å². The Morgan fingerprint density at radius 2 is 0.983 bits per heavy atom. The van der Waals surface area contributed by atoms with Crippen LogP contribution in [0.1, 0.15) is 55.3 Å². The van der Waals surface area contributed by atoms with Gasteiger partial charge in [-0.1, -0.05) is 12.1 Å². The van der Waals surface area contributed by atoms with Crippen LogP contribution in [0.15, 0.2) is 84.9 Å². The zero-order valence-corrected chi connectivity index (χ0v) is 31.5. The van der Waals surface area contributed by atoms with E-state index in [4.69, 9.17) is 14.2 Å². The summed E-state index contributed by atoms with van der Waals surface area (Å²) in [6.45, 7) is -2.08. The highest BCUT2D eigenvalue weighted by Gasteiger charge is 2.64. The predicted molar refractivity (Wildman–Crippen MR) is 196 cm³/mol. The number of Topliss-reactive ketones (excluding diaryl/α,β-unsaturated/α-hetero) is 1. The van der Waals surface area contributed by atoms with Crippen molar-refractivity contribution in [2.75, 3.05) is 44.1 Å². The second kappa shape index (κ2) is 19.2. The summed E-state index contributed by atoms with van der Waals surface area (Å²) in [6, 6.07) is 20.4. The van der Waals surface area contributed by atoms with E-state index < -0.39 is 85.6 Å². The van der Waals surface area contributed by atoms with E-state index in [0.717, 1.165) is 18.7 Å². The van der Waals surface area contributed by atoms with Crippen LogP contribution < -0.4 is 15.4 Å². The second-order valence-electron chi connectivity index (χ2n) is 12.4. The third-order valence-corrected chi connectivity index (χ3v) is 8.00. The topological polar surface area (TPSA) is 173 Å². The minimum absolute atomic E-state index is 0.183. The molecule has 4 aromatic carbocycles. The first kappa shape index (κ1) is 45.7. The fourth-order valence-corrected chi connectivity index (χ4v) is 4.94. The van der Waals surface area contributed by atoms with Gasteiger partial charge in [0.1, 0.15) is 37.9 Å². The largest absolute Gasteiger partial charge is 0.465 e. The molecule has 0 aliphatic heterocycles. The molecule has 0 aromatic heterocycles. The molecule has 0 heterocycles. The lowest BCUT2D eigenvalue weighted by Gasteiger charge is -2.17. The zero-order valence-electron chi connectivity index (χ0n) is 31.5. The van der Waals surface area contributed by atoms with E-state index in [-0.39, 0.29) is 33.5 Å². The highest BCUT2D eigenvalue weighted by Crippen LogP contribution is 2.36. The SMILES string of the molecule is CNc1ccc(Oc2ccc(NC(=O)c3cc(-c4ccc(C(=O)OCCOC(=O)C(C)(F)F)c(C(C)=O)c4)ccc3C(=O)OCCOC(=O)C(F)(F)C(F)(F)F)cc2)cc1. The zero-order chi connectivity index (χ0) is 44.4. The van der Waals surface area contributed by atoms with Crippen molar-refractivity contribution in [1.82, 2.24) is 0 Å². The Morgan fingerprint density at radius 1 is 0.550 bits per heavy atom. The summed E-state index contributed by atoms with van der Waals surface area (Å²) >= 11 is 0. The molecule has 2 N–H and O–H groups in total. The van der Waals surface area contributed by atoms with Gasteiger partial charge in [-0.15, -0.1) is 0 Å². The van der Waals surface area contributed by atoms with Crippen molar-refractivity contribution in [2.24, 2.45) is 0 Å². The van der Waals surface area contributed by atoms with Crippen LogP contribution in [0.25, 0.3) is 11.1 Å². The molecule has 4 rings (SSSR count). The van der Waals surface area contributed by atoms with Crippen LogP contribution in [0.3, 0.4) is 0 Å². The summed E-state index contributed by atoms with van der Waals surface area (Å²) in [4.78, 5) is 74.8. The van der Waals surface area contributed by atoms with Crippen molar-refractivity contribution >= 4 is 46.9 Å². The molecule has 0 bridgehead atoms. The Morgan fingerprint density at radius 3 is 1.43 bits per heavy atom. The van der Waals surface area contributed by atoms with E-state index in [9.17, 15) is 59.5 Å². The van der Waals surface area contributed by atoms with Crippen molar-refractivity contribution in [2.45, 2.75) is 31.9 Å². The highest BCUT2D eigenvalue weighted by molar-refractivity contribution is 6.12. The number of benzene rings is 4. The molecule has 1 amide bonds. The van der Waals surface area contributed by atoms with Crippen LogP contribution in [0.5, 0.6) is 11.5 Å².